The van der Waals surface area contributed by atoms with Crippen molar-refractivity contribution in [2.75, 3.05) is 13.1 Å². The predicted molar refractivity (Wildman–Crippen MR) is 91.4 cm³/mol. The predicted octanol–water partition coefficient (Wildman–Crippen LogP) is 2.35. The van der Waals surface area contributed by atoms with E-state index in [1.165, 1.54) is 0 Å². The minimum Gasteiger partial charge on any atom is -0.354 e. The minimum atomic E-state index is -0.148. The number of aromatic nitrogens is 1. The van der Waals surface area contributed by atoms with Gasteiger partial charge in [0.15, 0.2) is 0 Å². The van der Waals surface area contributed by atoms with Crippen LogP contribution in [0.4, 0.5) is 0 Å². The van der Waals surface area contributed by atoms with Gasteiger partial charge in [-0.3, -0.25) is 14.6 Å². The minimum absolute atomic E-state index is 0.0138. The molecule has 0 radical (unpaired) electrons. The molecular formula is C18H23N3O2. The maximum absolute atomic E-state index is 12.4. The van der Waals surface area contributed by atoms with Crippen molar-refractivity contribution in [3.8, 4) is 0 Å². The second kappa shape index (κ2) is 7.22. The molecule has 0 aliphatic carbocycles. The average Bonchev–Trinajstić information content (AvgIpc) is 2.50. The molecular weight excluding hydrogens is 290 g/mol. The highest BCUT2D eigenvalue weighted by atomic mass is 16.2. The van der Waals surface area contributed by atoms with Crippen molar-refractivity contribution >= 4 is 22.7 Å². The highest BCUT2D eigenvalue weighted by Crippen LogP contribution is 2.19. The lowest BCUT2D eigenvalue weighted by Gasteiger charge is -2.11. The average molecular weight is 313 g/mol. The summed E-state index contributed by atoms with van der Waals surface area (Å²) >= 11 is 0. The van der Waals surface area contributed by atoms with Crippen LogP contribution in [0.2, 0.25) is 0 Å². The van der Waals surface area contributed by atoms with Crippen molar-refractivity contribution in [1.82, 2.24) is 15.6 Å². The molecule has 1 heterocycles. The molecule has 23 heavy (non-hydrogen) atoms. The number of rotatable bonds is 5. The van der Waals surface area contributed by atoms with Gasteiger partial charge in [-0.05, 0) is 32.0 Å². The zero-order valence-electron chi connectivity index (χ0n) is 14.1. The molecule has 5 nitrogen and oxygen atoms in total. The summed E-state index contributed by atoms with van der Waals surface area (Å²) in [5.74, 6) is -0.217. The van der Waals surface area contributed by atoms with Gasteiger partial charge >= 0.3 is 0 Å². The first-order valence-corrected chi connectivity index (χ1v) is 7.82. The Balaban J connectivity index is 2.09. The number of fused-ring (bicyclic) bond motifs is 1. The fraction of sp³-hybridized carbons (Fsp3) is 0.389. The largest absolute Gasteiger partial charge is 0.354 e. The first-order chi connectivity index (χ1) is 10.9. The van der Waals surface area contributed by atoms with Gasteiger partial charge in [-0.2, -0.15) is 0 Å². The molecule has 1 aromatic heterocycles. The molecule has 0 fully saturated rings. The maximum Gasteiger partial charge on any atom is 0.252 e. The van der Waals surface area contributed by atoms with Crippen LogP contribution in [0.5, 0.6) is 0 Å². The number of nitrogens with one attached hydrogen (secondary N) is 2. The molecule has 0 unspecified atom stereocenters. The second-order valence-electron chi connectivity index (χ2n) is 6.03. The molecule has 0 aliphatic heterocycles. The van der Waals surface area contributed by atoms with E-state index >= 15 is 0 Å². The zero-order chi connectivity index (χ0) is 17.0. The van der Waals surface area contributed by atoms with Gasteiger partial charge in [0.1, 0.15) is 0 Å². The third-order valence-corrected chi connectivity index (χ3v) is 3.57. The second-order valence-corrected chi connectivity index (χ2v) is 6.03. The molecule has 0 spiro atoms. The molecule has 5 heteroatoms. The Hall–Kier alpha value is -2.43. The van der Waals surface area contributed by atoms with Crippen LogP contribution in [0.3, 0.4) is 0 Å². The number of nitrogens with zero attached hydrogens (tertiary/aromatic N) is 1. The summed E-state index contributed by atoms with van der Waals surface area (Å²) in [4.78, 5) is 28.4. The molecule has 2 aromatic rings. The Morgan fingerprint density at radius 1 is 1.09 bits per heavy atom. The molecule has 2 rings (SSSR count). The Labute approximate surface area is 136 Å². The number of amides is 2. The lowest BCUT2D eigenvalue weighted by molar-refractivity contribution is -0.123. The molecule has 1 aromatic carbocycles. The normalized spacial score (nSPS) is 10.8. The topological polar surface area (TPSA) is 71.1 Å². The molecule has 0 bridgehead atoms. The SMILES string of the molecule is Cc1ccc2nc(C)cc(C(=O)NCCNC(=O)C(C)C)c2c1. The van der Waals surface area contributed by atoms with Crippen LogP contribution in [0.1, 0.15) is 35.5 Å². The number of aryl methyl sites for hydroxylation is 2. The van der Waals surface area contributed by atoms with E-state index in [1.807, 2.05) is 45.9 Å². The fourth-order valence-corrected chi connectivity index (χ4v) is 2.32. The third-order valence-electron chi connectivity index (χ3n) is 3.57. The smallest absolute Gasteiger partial charge is 0.252 e. The summed E-state index contributed by atoms with van der Waals surface area (Å²) < 4.78 is 0. The first kappa shape index (κ1) is 16.9. The van der Waals surface area contributed by atoms with Crippen LogP contribution in [-0.2, 0) is 4.79 Å². The lowest BCUT2D eigenvalue weighted by Crippen LogP contribution is -2.36. The third kappa shape index (κ3) is 4.28. The molecule has 0 atom stereocenters. The standard InChI is InChI=1S/C18H23N3O2/c1-11(2)17(22)19-7-8-20-18(23)15-10-13(4)21-16-6-5-12(3)9-14(15)16/h5-6,9-11H,7-8H2,1-4H3,(H,19,22)(H,20,23). The van der Waals surface area contributed by atoms with Gasteiger partial charge in [0.05, 0.1) is 11.1 Å². The van der Waals surface area contributed by atoms with Crippen LogP contribution in [0.15, 0.2) is 24.3 Å². The maximum atomic E-state index is 12.4. The van der Waals surface area contributed by atoms with Gasteiger partial charge in [0.25, 0.3) is 5.91 Å². The van der Waals surface area contributed by atoms with Crippen molar-refractivity contribution in [3.63, 3.8) is 0 Å². The molecule has 122 valence electrons. The Bertz CT molecular complexity index is 738. The van der Waals surface area contributed by atoms with Crippen LogP contribution in [-0.4, -0.2) is 29.9 Å². The number of benzene rings is 1. The molecule has 2 amide bonds. The molecule has 2 N–H and O–H groups in total. The highest BCUT2D eigenvalue weighted by molar-refractivity contribution is 6.06. The van der Waals surface area contributed by atoms with Gasteiger partial charge < -0.3 is 10.6 Å². The number of hydrogen-bond donors (Lipinski definition) is 2. The fourth-order valence-electron chi connectivity index (χ4n) is 2.32. The monoisotopic (exact) mass is 313 g/mol. The lowest BCUT2D eigenvalue weighted by atomic mass is 10.0. The van der Waals surface area contributed by atoms with Gasteiger partial charge in [-0.15, -0.1) is 0 Å². The number of pyridine rings is 1. The van der Waals surface area contributed by atoms with Crippen molar-refractivity contribution in [2.45, 2.75) is 27.7 Å². The zero-order valence-corrected chi connectivity index (χ0v) is 14.1. The van der Waals surface area contributed by atoms with Crippen molar-refractivity contribution < 1.29 is 9.59 Å². The Morgan fingerprint density at radius 3 is 2.48 bits per heavy atom. The van der Waals surface area contributed by atoms with Crippen molar-refractivity contribution in [1.29, 1.82) is 0 Å². The quantitative estimate of drug-likeness (QED) is 0.832. The van der Waals surface area contributed by atoms with E-state index in [1.54, 1.807) is 6.07 Å². The summed E-state index contributed by atoms with van der Waals surface area (Å²) in [5, 5.41) is 6.48. The molecule has 0 saturated heterocycles. The molecule has 0 aliphatic rings. The number of carbonyl (C=O) groups is 2. The van der Waals surface area contributed by atoms with Crippen LogP contribution >= 0.6 is 0 Å². The summed E-state index contributed by atoms with van der Waals surface area (Å²) in [6.45, 7) is 8.35. The van der Waals surface area contributed by atoms with Gasteiger partial charge in [-0.1, -0.05) is 25.5 Å². The van der Waals surface area contributed by atoms with E-state index < -0.39 is 0 Å². The van der Waals surface area contributed by atoms with E-state index in [9.17, 15) is 9.59 Å². The van der Waals surface area contributed by atoms with E-state index in [4.69, 9.17) is 0 Å². The Morgan fingerprint density at radius 2 is 1.78 bits per heavy atom. The van der Waals surface area contributed by atoms with E-state index in [0.717, 1.165) is 22.2 Å². The van der Waals surface area contributed by atoms with Gasteiger partial charge in [0, 0.05) is 30.1 Å². The van der Waals surface area contributed by atoms with Crippen LogP contribution < -0.4 is 10.6 Å². The van der Waals surface area contributed by atoms with Gasteiger partial charge in [0.2, 0.25) is 5.91 Å². The first-order valence-electron chi connectivity index (χ1n) is 7.82. The Kier molecular flexibility index (Phi) is 5.32. The van der Waals surface area contributed by atoms with Gasteiger partial charge in [-0.25, -0.2) is 0 Å². The number of carbonyl (C=O) groups excluding carboxylic acids is 2. The summed E-state index contributed by atoms with van der Waals surface area (Å²) in [6.07, 6.45) is 0. The highest BCUT2D eigenvalue weighted by Gasteiger charge is 2.12. The van der Waals surface area contributed by atoms with E-state index in [2.05, 4.69) is 15.6 Å². The number of hydrogen-bond acceptors (Lipinski definition) is 3. The van der Waals surface area contributed by atoms with E-state index in [0.29, 0.717) is 18.7 Å². The molecule has 0 saturated carbocycles. The summed E-state index contributed by atoms with van der Waals surface area (Å²) in [5.41, 5.74) is 3.32. The van der Waals surface area contributed by atoms with Crippen molar-refractivity contribution in [3.05, 3.63) is 41.1 Å². The summed E-state index contributed by atoms with van der Waals surface area (Å²) in [6, 6.07) is 7.68. The summed E-state index contributed by atoms with van der Waals surface area (Å²) in [7, 11) is 0. The van der Waals surface area contributed by atoms with Crippen LogP contribution in [0, 0.1) is 19.8 Å². The van der Waals surface area contributed by atoms with Crippen molar-refractivity contribution in [2.24, 2.45) is 5.92 Å². The van der Waals surface area contributed by atoms with E-state index in [-0.39, 0.29) is 17.7 Å². The van der Waals surface area contributed by atoms with Crippen LogP contribution in [0.25, 0.3) is 10.9 Å².